The van der Waals surface area contributed by atoms with Crippen LogP contribution in [0.2, 0.25) is 0 Å². The minimum Gasteiger partial charge on any atom is -0.501 e. The summed E-state index contributed by atoms with van der Waals surface area (Å²) in [7, 11) is 1.61. The quantitative estimate of drug-likeness (QED) is 0.756. The molecule has 0 radical (unpaired) electrons. The summed E-state index contributed by atoms with van der Waals surface area (Å²) in [5.74, 6) is 0.724. The van der Waals surface area contributed by atoms with Gasteiger partial charge in [0.1, 0.15) is 0 Å². The summed E-state index contributed by atoms with van der Waals surface area (Å²) in [5.41, 5.74) is 1.11. The zero-order valence-electron chi connectivity index (χ0n) is 11.3. The van der Waals surface area contributed by atoms with Crippen molar-refractivity contribution in [1.29, 1.82) is 0 Å². The number of aliphatic hydroxyl groups is 1. The second-order valence-electron chi connectivity index (χ2n) is 4.25. The molecular weight excluding hydrogens is 228 g/mol. The van der Waals surface area contributed by atoms with Crippen LogP contribution in [0, 0.1) is 5.92 Å². The van der Waals surface area contributed by atoms with Gasteiger partial charge in [-0.25, -0.2) is 0 Å². The Bertz CT molecular complexity index is 359. The second-order valence-corrected chi connectivity index (χ2v) is 4.25. The van der Waals surface area contributed by atoms with Gasteiger partial charge in [-0.3, -0.25) is 0 Å². The SMILES string of the molecule is CC=C(OC)C(C)C(O)COCc1ccccc1. The van der Waals surface area contributed by atoms with Crippen LogP contribution < -0.4 is 0 Å². The molecule has 0 bridgehead atoms. The van der Waals surface area contributed by atoms with Gasteiger partial charge in [-0.2, -0.15) is 0 Å². The molecule has 0 fully saturated rings. The van der Waals surface area contributed by atoms with E-state index in [9.17, 15) is 5.11 Å². The highest BCUT2D eigenvalue weighted by molar-refractivity contribution is 5.13. The molecule has 2 unspecified atom stereocenters. The molecule has 2 atom stereocenters. The van der Waals surface area contributed by atoms with Crippen LogP contribution in [0.15, 0.2) is 42.2 Å². The van der Waals surface area contributed by atoms with Gasteiger partial charge in [-0.1, -0.05) is 37.3 Å². The van der Waals surface area contributed by atoms with E-state index < -0.39 is 6.10 Å². The molecule has 0 spiro atoms. The molecule has 0 heterocycles. The normalized spacial score (nSPS) is 15.2. The summed E-state index contributed by atoms with van der Waals surface area (Å²) in [6.07, 6.45) is 1.31. The van der Waals surface area contributed by atoms with Gasteiger partial charge in [0.25, 0.3) is 0 Å². The molecule has 3 heteroatoms. The second kappa shape index (κ2) is 7.90. The molecule has 1 N–H and O–H groups in total. The van der Waals surface area contributed by atoms with Crippen molar-refractivity contribution in [3.63, 3.8) is 0 Å². The summed E-state index contributed by atoms with van der Waals surface area (Å²) in [6.45, 7) is 4.64. The van der Waals surface area contributed by atoms with Gasteiger partial charge < -0.3 is 14.6 Å². The number of methoxy groups -OCH3 is 1. The van der Waals surface area contributed by atoms with Crippen LogP contribution in [0.1, 0.15) is 19.4 Å². The Hall–Kier alpha value is -1.32. The number of rotatable bonds is 7. The monoisotopic (exact) mass is 250 g/mol. The summed E-state index contributed by atoms with van der Waals surface area (Å²) in [4.78, 5) is 0. The molecule has 0 saturated heterocycles. The maximum absolute atomic E-state index is 9.98. The summed E-state index contributed by atoms with van der Waals surface area (Å²) >= 11 is 0. The largest absolute Gasteiger partial charge is 0.501 e. The van der Waals surface area contributed by atoms with Gasteiger partial charge in [-0.05, 0) is 18.6 Å². The van der Waals surface area contributed by atoms with Crippen molar-refractivity contribution in [2.75, 3.05) is 13.7 Å². The maximum Gasteiger partial charge on any atom is 0.0967 e. The molecule has 0 aliphatic rings. The Kier molecular flexibility index (Phi) is 6.47. The summed E-state index contributed by atoms with van der Waals surface area (Å²) < 4.78 is 10.7. The Morgan fingerprint density at radius 2 is 2.00 bits per heavy atom. The molecule has 0 amide bonds. The molecule has 1 aromatic rings. The Morgan fingerprint density at radius 1 is 1.33 bits per heavy atom. The Balaban J connectivity index is 2.35. The molecule has 100 valence electrons. The van der Waals surface area contributed by atoms with Crippen molar-refractivity contribution in [1.82, 2.24) is 0 Å². The van der Waals surface area contributed by atoms with E-state index in [4.69, 9.17) is 9.47 Å². The lowest BCUT2D eigenvalue weighted by molar-refractivity contribution is -0.000769. The van der Waals surface area contributed by atoms with E-state index in [0.717, 1.165) is 11.3 Å². The molecular formula is C15H22O3. The molecule has 1 aromatic carbocycles. The number of allylic oxidation sites excluding steroid dienone is 1. The van der Waals surface area contributed by atoms with Crippen LogP contribution in [0.3, 0.4) is 0 Å². The zero-order valence-corrected chi connectivity index (χ0v) is 11.3. The summed E-state index contributed by atoms with van der Waals surface area (Å²) in [5, 5.41) is 9.98. The minimum absolute atomic E-state index is 0.0595. The van der Waals surface area contributed by atoms with E-state index >= 15 is 0 Å². The average molecular weight is 250 g/mol. The van der Waals surface area contributed by atoms with Gasteiger partial charge in [0.2, 0.25) is 0 Å². The first-order valence-electron chi connectivity index (χ1n) is 6.19. The molecule has 0 aliphatic heterocycles. The smallest absolute Gasteiger partial charge is 0.0967 e. The van der Waals surface area contributed by atoms with Crippen molar-refractivity contribution < 1.29 is 14.6 Å². The van der Waals surface area contributed by atoms with E-state index in [1.54, 1.807) is 7.11 Å². The van der Waals surface area contributed by atoms with Crippen LogP contribution in [-0.4, -0.2) is 24.9 Å². The molecule has 1 rings (SSSR count). The third kappa shape index (κ3) is 4.51. The first-order chi connectivity index (χ1) is 8.69. The third-order valence-electron chi connectivity index (χ3n) is 2.95. The first kappa shape index (κ1) is 14.7. The van der Waals surface area contributed by atoms with Crippen molar-refractivity contribution in [2.24, 2.45) is 5.92 Å². The fourth-order valence-electron chi connectivity index (χ4n) is 1.77. The number of ether oxygens (including phenoxy) is 2. The van der Waals surface area contributed by atoms with Gasteiger partial charge in [-0.15, -0.1) is 0 Å². The molecule has 0 saturated carbocycles. The predicted molar refractivity (Wildman–Crippen MR) is 72.0 cm³/mol. The minimum atomic E-state index is -0.556. The molecule has 0 aromatic heterocycles. The van der Waals surface area contributed by atoms with Crippen molar-refractivity contribution in [3.8, 4) is 0 Å². The number of benzene rings is 1. The fourth-order valence-corrected chi connectivity index (χ4v) is 1.77. The molecule has 0 aliphatic carbocycles. The van der Waals surface area contributed by atoms with Crippen molar-refractivity contribution in [3.05, 3.63) is 47.7 Å². The van der Waals surface area contributed by atoms with E-state index in [1.165, 1.54) is 0 Å². The highest BCUT2D eigenvalue weighted by Gasteiger charge is 2.18. The van der Waals surface area contributed by atoms with Gasteiger partial charge in [0, 0.05) is 5.92 Å². The molecule has 18 heavy (non-hydrogen) atoms. The third-order valence-corrected chi connectivity index (χ3v) is 2.95. The van der Waals surface area contributed by atoms with Crippen molar-refractivity contribution in [2.45, 2.75) is 26.6 Å². The van der Waals surface area contributed by atoms with E-state index in [0.29, 0.717) is 13.2 Å². The lowest BCUT2D eigenvalue weighted by Crippen LogP contribution is -2.25. The average Bonchev–Trinajstić information content (AvgIpc) is 2.41. The number of hydrogen-bond acceptors (Lipinski definition) is 3. The standard InChI is InChI=1S/C15H22O3/c1-4-15(17-3)12(2)14(16)11-18-10-13-8-6-5-7-9-13/h4-9,12,14,16H,10-11H2,1-3H3. The highest BCUT2D eigenvalue weighted by atomic mass is 16.5. The number of hydrogen-bond donors (Lipinski definition) is 1. The van der Waals surface area contributed by atoms with Crippen LogP contribution >= 0.6 is 0 Å². The van der Waals surface area contributed by atoms with Crippen molar-refractivity contribution >= 4 is 0 Å². The van der Waals surface area contributed by atoms with E-state index in [-0.39, 0.29) is 5.92 Å². The topological polar surface area (TPSA) is 38.7 Å². The zero-order chi connectivity index (χ0) is 13.4. The van der Waals surface area contributed by atoms with Gasteiger partial charge in [0.15, 0.2) is 0 Å². The van der Waals surface area contributed by atoms with Gasteiger partial charge in [0.05, 0.1) is 32.2 Å². The Morgan fingerprint density at radius 3 is 2.56 bits per heavy atom. The maximum atomic E-state index is 9.98. The predicted octanol–water partition coefficient (Wildman–Crippen LogP) is 2.75. The number of aliphatic hydroxyl groups excluding tert-OH is 1. The highest BCUT2D eigenvalue weighted by Crippen LogP contribution is 2.16. The van der Waals surface area contributed by atoms with E-state index in [2.05, 4.69) is 0 Å². The first-order valence-corrected chi connectivity index (χ1v) is 6.19. The van der Waals surface area contributed by atoms with Crippen LogP contribution in [0.4, 0.5) is 0 Å². The van der Waals surface area contributed by atoms with E-state index in [1.807, 2.05) is 50.3 Å². The van der Waals surface area contributed by atoms with Crippen LogP contribution in [0.25, 0.3) is 0 Å². The molecule has 3 nitrogen and oxygen atoms in total. The lowest BCUT2D eigenvalue weighted by atomic mass is 10.0. The summed E-state index contributed by atoms with van der Waals surface area (Å²) in [6, 6.07) is 9.92. The fraction of sp³-hybridized carbons (Fsp3) is 0.467. The Labute approximate surface area is 109 Å². The van der Waals surface area contributed by atoms with Crippen LogP contribution in [-0.2, 0) is 16.1 Å². The van der Waals surface area contributed by atoms with Crippen LogP contribution in [0.5, 0.6) is 0 Å². The lowest BCUT2D eigenvalue weighted by Gasteiger charge is -2.20. The van der Waals surface area contributed by atoms with Gasteiger partial charge >= 0.3 is 0 Å².